The number of likely N-dealkylation sites (tertiary alicyclic amines) is 1. The number of nitrogens with one attached hydrogen (secondary N) is 1. The Kier molecular flexibility index (Phi) is 7.52. The van der Waals surface area contributed by atoms with Crippen molar-refractivity contribution in [2.75, 3.05) is 26.7 Å². The topological polar surface area (TPSA) is 84.9 Å². The third-order valence-electron chi connectivity index (χ3n) is 5.20. The quantitative estimate of drug-likeness (QED) is 0.544. The maximum Gasteiger partial charge on any atom is 0.308 e. The van der Waals surface area contributed by atoms with Gasteiger partial charge in [-0.1, -0.05) is 17.7 Å². The summed E-state index contributed by atoms with van der Waals surface area (Å²) in [5.41, 5.74) is 0.883. The number of piperidine rings is 1. The zero-order valence-electron chi connectivity index (χ0n) is 17.5. The van der Waals surface area contributed by atoms with Gasteiger partial charge >= 0.3 is 5.97 Å². The summed E-state index contributed by atoms with van der Waals surface area (Å²) in [5, 5.41) is 3.42. The molecule has 0 bridgehead atoms. The predicted molar refractivity (Wildman–Crippen MR) is 117 cm³/mol. The highest BCUT2D eigenvalue weighted by Gasteiger charge is 2.26. The van der Waals surface area contributed by atoms with E-state index in [1.54, 1.807) is 41.3 Å². The van der Waals surface area contributed by atoms with Crippen LogP contribution in [0.15, 0.2) is 42.5 Å². The molecule has 2 amide bonds. The number of nitrogens with zero attached hydrogens (tertiary/aromatic N) is 1. The SMILES string of the molecule is COc1ccc(Cl)cc1C(=O)N1CCC(CNC(=O)c2cccc(OC(C)=O)c2)CC1. The van der Waals surface area contributed by atoms with Crippen LogP contribution < -0.4 is 14.8 Å². The van der Waals surface area contributed by atoms with Crippen molar-refractivity contribution in [2.45, 2.75) is 19.8 Å². The second-order valence-electron chi connectivity index (χ2n) is 7.41. The minimum absolute atomic E-state index is 0.107. The number of ether oxygens (including phenoxy) is 2. The molecule has 31 heavy (non-hydrogen) atoms. The third kappa shape index (κ3) is 5.98. The zero-order chi connectivity index (χ0) is 22.4. The summed E-state index contributed by atoms with van der Waals surface area (Å²) >= 11 is 6.04. The van der Waals surface area contributed by atoms with E-state index in [2.05, 4.69) is 5.32 Å². The van der Waals surface area contributed by atoms with Crippen LogP contribution in [-0.2, 0) is 4.79 Å². The van der Waals surface area contributed by atoms with Gasteiger partial charge in [0.1, 0.15) is 11.5 Å². The zero-order valence-corrected chi connectivity index (χ0v) is 18.3. The molecule has 0 saturated carbocycles. The van der Waals surface area contributed by atoms with Gasteiger partial charge in [0.05, 0.1) is 12.7 Å². The smallest absolute Gasteiger partial charge is 0.308 e. The second-order valence-corrected chi connectivity index (χ2v) is 7.85. The normalized spacial score (nSPS) is 14.1. The van der Waals surface area contributed by atoms with E-state index in [9.17, 15) is 14.4 Å². The molecule has 0 atom stereocenters. The lowest BCUT2D eigenvalue weighted by molar-refractivity contribution is -0.131. The summed E-state index contributed by atoms with van der Waals surface area (Å²) in [4.78, 5) is 38.2. The maximum atomic E-state index is 12.9. The molecule has 1 fully saturated rings. The molecule has 3 rings (SSSR count). The Labute approximate surface area is 186 Å². The van der Waals surface area contributed by atoms with E-state index in [1.165, 1.54) is 20.1 Å². The number of rotatable bonds is 6. The Morgan fingerprint density at radius 3 is 2.55 bits per heavy atom. The van der Waals surface area contributed by atoms with Crippen LogP contribution >= 0.6 is 11.6 Å². The molecular weight excluding hydrogens is 420 g/mol. The predicted octanol–water partition coefficient (Wildman–Crippen LogP) is 3.56. The largest absolute Gasteiger partial charge is 0.496 e. The number of carbonyl (C=O) groups is 3. The summed E-state index contributed by atoms with van der Waals surface area (Å²) < 4.78 is 10.3. The molecule has 1 N–H and O–H groups in total. The summed E-state index contributed by atoms with van der Waals surface area (Å²) in [6, 6.07) is 11.5. The second kappa shape index (κ2) is 10.3. The first kappa shape index (κ1) is 22.6. The van der Waals surface area contributed by atoms with Crippen LogP contribution in [0.2, 0.25) is 5.02 Å². The average molecular weight is 445 g/mol. The van der Waals surface area contributed by atoms with Crippen LogP contribution in [0.5, 0.6) is 11.5 Å². The first-order chi connectivity index (χ1) is 14.9. The van der Waals surface area contributed by atoms with Gasteiger partial charge < -0.3 is 19.7 Å². The molecule has 0 aromatic heterocycles. The highest BCUT2D eigenvalue weighted by molar-refractivity contribution is 6.31. The number of amides is 2. The molecule has 8 heteroatoms. The van der Waals surface area contributed by atoms with Crippen LogP contribution in [-0.4, -0.2) is 49.4 Å². The van der Waals surface area contributed by atoms with Crippen molar-refractivity contribution >= 4 is 29.4 Å². The Balaban J connectivity index is 1.51. The molecule has 0 spiro atoms. The molecule has 2 aromatic rings. The van der Waals surface area contributed by atoms with Crippen molar-refractivity contribution in [3.8, 4) is 11.5 Å². The number of hydrogen-bond acceptors (Lipinski definition) is 5. The molecule has 1 heterocycles. The van der Waals surface area contributed by atoms with Gasteiger partial charge in [0, 0.05) is 37.1 Å². The Morgan fingerprint density at radius 1 is 1.13 bits per heavy atom. The summed E-state index contributed by atoms with van der Waals surface area (Å²) in [5.74, 6) is 0.337. The fourth-order valence-corrected chi connectivity index (χ4v) is 3.74. The molecule has 0 aliphatic carbocycles. The molecule has 0 unspecified atom stereocenters. The van der Waals surface area contributed by atoms with Crippen molar-refractivity contribution in [1.82, 2.24) is 10.2 Å². The molecule has 1 aliphatic heterocycles. The van der Waals surface area contributed by atoms with Crippen molar-refractivity contribution in [3.63, 3.8) is 0 Å². The standard InChI is InChI=1S/C23H25ClN2O5/c1-15(27)31-19-5-3-4-17(12-19)22(28)25-14-16-8-10-26(11-9-16)23(29)20-13-18(24)6-7-21(20)30-2/h3-7,12-13,16H,8-11,14H2,1-2H3,(H,25,28). The highest BCUT2D eigenvalue weighted by Crippen LogP contribution is 2.26. The lowest BCUT2D eigenvalue weighted by atomic mass is 9.96. The van der Waals surface area contributed by atoms with Gasteiger partial charge in [-0.05, 0) is 55.2 Å². The van der Waals surface area contributed by atoms with Crippen LogP contribution in [0.4, 0.5) is 0 Å². The first-order valence-corrected chi connectivity index (χ1v) is 10.4. The maximum absolute atomic E-state index is 12.9. The molecule has 7 nitrogen and oxygen atoms in total. The molecule has 1 aliphatic rings. The van der Waals surface area contributed by atoms with E-state index >= 15 is 0 Å². The van der Waals surface area contributed by atoms with Crippen LogP contribution in [0.1, 0.15) is 40.5 Å². The minimum Gasteiger partial charge on any atom is -0.496 e. The lowest BCUT2D eigenvalue weighted by Gasteiger charge is -2.32. The van der Waals surface area contributed by atoms with Crippen molar-refractivity contribution in [1.29, 1.82) is 0 Å². The summed E-state index contributed by atoms with van der Waals surface area (Å²) in [7, 11) is 1.52. The van der Waals surface area contributed by atoms with Gasteiger partial charge in [0.15, 0.2) is 0 Å². The van der Waals surface area contributed by atoms with E-state index in [0.29, 0.717) is 47.3 Å². The number of hydrogen-bond donors (Lipinski definition) is 1. The van der Waals surface area contributed by atoms with Crippen molar-refractivity contribution in [3.05, 3.63) is 58.6 Å². The molecular formula is C23H25ClN2O5. The van der Waals surface area contributed by atoms with Gasteiger partial charge in [-0.25, -0.2) is 0 Å². The fourth-order valence-electron chi connectivity index (χ4n) is 3.56. The van der Waals surface area contributed by atoms with Gasteiger partial charge in [0.2, 0.25) is 0 Å². The molecule has 2 aromatic carbocycles. The highest BCUT2D eigenvalue weighted by atomic mass is 35.5. The molecule has 1 saturated heterocycles. The van der Waals surface area contributed by atoms with Gasteiger partial charge in [-0.15, -0.1) is 0 Å². The van der Waals surface area contributed by atoms with Crippen LogP contribution in [0.3, 0.4) is 0 Å². The average Bonchev–Trinajstić information content (AvgIpc) is 2.77. The van der Waals surface area contributed by atoms with E-state index in [-0.39, 0.29) is 17.7 Å². The molecule has 164 valence electrons. The fraction of sp³-hybridized carbons (Fsp3) is 0.348. The van der Waals surface area contributed by atoms with E-state index in [4.69, 9.17) is 21.1 Å². The van der Waals surface area contributed by atoms with Gasteiger partial charge in [-0.2, -0.15) is 0 Å². The van der Waals surface area contributed by atoms with E-state index < -0.39 is 5.97 Å². The Morgan fingerprint density at radius 2 is 1.87 bits per heavy atom. The van der Waals surface area contributed by atoms with Crippen LogP contribution in [0.25, 0.3) is 0 Å². The summed E-state index contributed by atoms with van der Waals surface area (Å²) in [6.45, 7) is 3.01. The number of benzene rings is 2. The summed E-state index contributed by atoms with van der Waals surface area (Å²) in [6.07, 6.45) is 1.56. The number of halogens is 1. The minimum atomic E-state index is -0.436. The number of esters is 1. The van der Waals surface area contributed by atoms with Gasteiger partial charge in [-0.3, -0.25) is 14.4 Å². The van der Waals surface area contributed by atoms with E-state index in [1.807, 2.05) is 0 Å². The number of methoxy groups -OCH3 is 1. The Bertz CT molecular complexity index is 970. The third-order valence-corrected chi connectivity index (χ3v) is 5.44. The van der Waals surface area contributed by atoms with Crippen molar-refractivity contribution < 1.29 is 23.9 Å². The first-order valence-electron chi connectivity index (χ1n) is 10.1. The van der Waals surface area contributed by atoms with E-state index in [0.717, 1.165) is 12.8 Å². The molecule has 0 radical (unpaired) electrons. The van der Waals surface area contributed by atoms with Crippen LogP contribution in [0, 0.1) is 5.92 Å². The van der Waals surface area contributed by atoms with Gasteiger partial charge in [0.25, 0.3) is 11.8 Å². The monoisotopic (exact) mass is 444 g/mol. The number of carbonyl (C=O) groups excluding carboxylic acids is 3. The van der Waals surface area contributed by atoms with Crippen molar-refractivity contribution in [2.24, 2.45) is 5.92 Å². The Hall–Kier alpha value is -3.06. The lowest BCUT2D eigenvalue weighted by Crippen LogP contribution is -2.41.